The van der Waals surface area contributed by atoms with Gasteiger partial charge in [0.05, 0.1) is 0 Å². The van der Waals surface area contributed by atoms with Crippen LogP contribution in [0.15, 0.2) is 0 Å². The van der Waals surface area contributed by atoms with Crippen LogP contribution in [0.25, 0.3) is 0 Å². The topological polar surface area (TPSA) is 35.0 Å². The maximum Gasteiger partial charge on any atom is 0.134 e. The fourth-order valence-corrected chi connectivity index (χ4v) is 0.137. The second-order valence-electron chi connectivity index (χ2n) is 1.27. The summed E-state index contributed by atoms with van der Waals surface area (Å²) >= 11 is 0. The number of hydrogen-bond acceptors (Lipinski definition) is 1. The van der Waals surface area contributed by atoms with Crippen molar-refractivity contribution < 1.29 is 8.78 Å². The Bertz CT molecular complexity index is 46.2. The van der Waals surface area contributed by atoms with Crippen molar-refractivity contribution in [1.29, 1.82) is 0 Å². The molecule has 0 spiro atoms. The highest BCUT2D eigenvalue weighted by Crippen LogP contribution is 2.28. The number of alkyl halides is 2. The van der Waals surface area contributed by atoms with Crippen LogP contribution in [0.3, 0.4) is 0 Å². The lowest BCUT2D eigenvalue weighted by Crippen LogP contribution is -1.68. The van der Waals surface area contributed by atoms with Crippen molar-refractivity contribution in [2.45, 2.75) is 18.8 Å². The number of hydrogen-bond donors (Lipinski definition) is 1. The molecule has 0 bridgehead atoms. The molecular weight excluding hydrogens is 123 g/mol. The van der Waals surface area contributed by atoms with Crippen LogP contribution in [-0.4, -0.2) is 12.3 Å². The largest absolute Gasteiger partial charge is 0.344 e. The molecule has 1 aliphatic carbocycles. The molecule has 1 nitrogen and oxygen atoms in total. The molecule has 46 valence electrons. The van der Waals surface area contributed by atoms with Crippen LogP contribution in [0.1, 0.15) is 6.42 Å². The highest BCUT2D eigenvalue weighted by Gasteiger charge is 2.37. The molecule has 1 fully saturated rings. The SMILES string of the molecule is Cl.FC1CC1F.N. The van der Waals surface area contributed by atoms with Crippen LogP contribution in [0.2, 0.25) is 0 Å². The van der Waals surface area contributed by atoms with Crippen molar-refractivity contribution in [1.82, 2.24) is 6.15 Å². The van der Waals surface area contributed by atoms with Crippen molar-refractivity contribution in [2.24, 2.45) is 0 Å². The van der Waals surface area contributed by atoms with Crippen molar-refractivity contribution in [3.63, 3.8) is 0 Å². The Morgan fingerprint density at radius 1 is 1.14 bits per heavy atom. The second kappa shape index (κ2) is 3.16. The molecule has 0 aromatic heterocycles. The van der Waals surface area contributed by atoms with Gasteiger partial charge in [0, 0.05) is 6.42 Å². The van der Waals surface area contributed by atoms with E-state index in [2.05, 4.69) is 0 Å². The molecule has 3 N–H and O–H groups in total. The molecule has 0 saturated heterocycles. The molecule has 2 unspecified atom stereocenters. The minimum Gasteiger partial charge on any atom is -0.344 e. The molecular formula is C3H8ClF2N. The van der Waals surface area contributed by atoms with Gasteiger partial charge in [-0.1, -0.05) is 0 Å². The van der Waals surface area contributed by atoms with Gasteiger partial charge in [0.2, 0.25) is 0 Å². The molecule has 0 amide bonds. The summed E-state index contributed by atoms with van der Waals surface area (Å²) in [7, 11) is 0. The first-order chi connectivity index (χ1) is 2.30. The molecule has 0 aliphatic heterocycles. The Morgan fingerprint density at radius 2 is 1.29 bits per heavy atom. The van der Waals surface area contributed by atoms with Gasteiger partial charge in [-0.3, -0.25) is 0 Å². The van der Waals surface area contributed by atoms with E-state index in [1.165, 1.54) is 0 Å². The van der Waals surface area contributed by atoms with Gasteiger partial charge in [-0.15, -0.1) is 12.4 Å². The summed E-state index contributed by atoms with van der Waals surface area (Å²) in [5.74, 6) is 0. The van der Waals surface area contributed by atoms with Gasteiger partial charge in [-0.25, -0.2) is 8.78 Å². The van der Waals surface area contributed by atoms with Crippen molar-refractivity contribution in [2.75, 3.05) is 0 Å². The molecule has 1 saturated carbocycles. The van der Waals surface area contributed by atoms with Crippen LogP contribution in [0.5, 0.6) is 0 Å². The minimum absolute atomic E-state index is 0. The number of rotatable bonds is 0. The summed E-state index contributed by atoms with van der Waals surface area (Å²) in [5, 5.41) is 0. The molecule has 0 radical (unpaired) electrons. The molecule has 7 heavy (non-hydrogen) atoms. The highest BCUT2D eigenvalue weighted by molar-refractivity contribution is 5.85. The zero-order valence-electron chi connectivity index (χ0n) is 3.73. The molecule has 0 heterocycles. The Morgan fingerprint density at radius 3 is 1.29 bits per heavy atom. The van der Waals surface area contributed by atoms with Crippen LogP contribution in [0, 0.1) is 0 Å². The van der Waals surface area contributed by atoms with Gasteiger partial charge >= 0.3 is 0 Å². The molecule has 0 aromatic carbocycles. The average Bonchev–Trinajstić information content (AvgIpc) is 1.79. The second-order valence-corrected chi connectivity index (χ2v) is 1.27. The monoisotopic (exact) mass is 131 g/mol. The van der Waals surface area contributed by atoms with Crippen molar-refractivity contribution in [3.05, 3.63) is 0 Å². The average molecular weight is 132 g/mol. The summed E-state index contributed by atoms with van der Waals surface area (Å²) in [4.78, 5) is 0. The van der Waals surface area contributed by atoms with Gasteiger partial charge in [0.25, 0.3) is 0 Å². The zero-order chi connectivity index (χ0) is 3.86. The highest BCUT2D eigenvalue weighted by atomic mass is 35.5. The predicted molar refractivity (Wildman–Crippen MR) is 26.7 cm³/mol. The number of halogens is 3. The fourth-order valence-electron chi connectivity index (χ4n) is 0.137. The zero-order valence-corrected chi connectivity index (χ0v) is 4.55. The van der Waals surface area contributed by atoms with Crippen LogP contribution >= 0.6 is 12.4 Å². The predicted octanol–water partition coefficient (Wildman–Crippen LogP) is 1.65. The van der Waals surface area contributed by atoms with Crippen LogP contribution in [-0.2, 0) is 0 Å². The molecule has 2 atom stereocenters. The van der Waals surface area contributed by atoms with Gasteiger partial charge in [-0.05, 0) is 0 Å². The third-order valence-electron chi connectivity index (χ3n) is 0.640. The Balaban J connectivity index is 0. The molecule has 0 aromatic rings. The van der Waals surface area contributed by atoms with E-state index in [0.29, 0.717) is 0 Å². The third kappa shape index (κ3) is 2.76. The van der Waals surface area contributed by atoms with E-state index < -0.39 is 12.3 Å². The van der Waals surface area contributed by atoms with Crippen molar-refractivity contribution in [3.8, 4) is 0 Å². The first-order valence-corrected chi connectivity index (χ1v) is 1.59. The van der Waals surface area contributed by atoms with Gasteiger partial charge in [0.1, 0.15) is 12.3 Å². The Labute approximate surface area is 47.1 Å². The maximum atomic E-state index is 11.1. The van der Waals surface area contributed by atoms with Crippen LogP contribution < -0.4 is 6.15 Å². The summed E-state index contributed by atoms with van der Waals surface area (Å²) < 4.78 is 22.3. The smallest absolute Gasteiger partial charge is 0.134 e. The lowest BCUT2D eigenvalue weighted by molar-refractivity contribution is 0.372. The Kier molecular flexibility index (Phi) is 4.58. The maximum absolute atomic E-state index is 11.1. The summed E-state index contributed by atoms with van der Waals surface area (Å²) in [5.41, 5.74) is 0. The lowest BCUT2D eigenvalue weighted by atomic mass is 10.9. The molecule has 1 aliphatic rings. The van der Waals surface area contributed by atoms with Gasteiger partial charge in [-0.2, -0.15) is 0 Å². The van der Waals surface area contributed by atoms with E-state index in [4.69, 9.17) is 0 Å². The molecule has 4 heteroatoms. The standard InChI is InChI=1S/C3H4F2.ClH.H3N/c4-2-1-3(2)5;;/h2-3H,1H2;1H;1H3. The first kappa shape index (κ1) is 10.2. The van der Waals surface area contributed by atoms with E-state index >= 15 is 0 Å². The molecule has 1 rings (SSSR count). The lowest BCUT2D eigenvalue weighted by Gasteiger charge is -1.60. The van der Waals surface area contributed by atoms with Gasteiger partial charge in [0.15, 0.2) is 0 Å². The van der Waals surface area contributed by atoms with Crippen molar-refractivity contribution >= 4 is 12.4 Å². The Hall–Kier alpha value is 0.110. The normalized spacial score (nSPS) is 35.1. The van der Waals surface area contributed by atoms with Gasteiger partial charge < -0.3 is 6.15 Å². The summed E-state index contributed by atoms with van der Waals surface area (Å²) in [6.07, 6.45) is -2.09. The van der Waals surface area contributed by atoms with E-state index in [1.54, 1.807) is 0 Å². The summed E-state index contributed by atoms with van der Waals surface area (Å²) in [6, 6.07) is 0. The minimum atomic E-state index is -1.12. The summed E-state index contributed by atoms with van der Waals surface area (Å²) in [6.45, 7) is 0. The first-order valence-electron chi connectivity index (χ1n) is 1.59. The van der Waals surface area contributed by atoms with E-state index in [1.807, 2.05) is 0 Å². The van der Waals surface area contributed by atoms with E-state index in [0.717, 1.165) is 0 Å². The van der Waals surface area contributed by atoms with E-state index in [-0.39, 0.29) is 25.0 Å². The quantitative estimate of drug-likeness (QED) is 0.533. The fraction of sp³-hybridized carbons (Fsp3) is 1.00. The van der Waals surface area contributed by atoms with Crippen LogP contribution in [0.4, 0.5) is 8.78 Å². The third-order valence-corrected chi connectivity index (χ3v) is 0.640. The van der Waals surface area contributed by atoms with E-state index in [9.17, 15) is 8.78 Å².